The van der Waals surface area contributed by atoms with Crippen molar-refractivity contribution in [1.29, 1.82) is 0 Å². The Bertz CT molecular complexity index is 331. The van der Waals surface area contributed by atoms with E-state index >= 15 is 0 Å². The second kappa shape index (κ2) is 3.71. The quantitative estimate of drug-likeness (QED) is 0.730. The maximum absolute atomic E-state index is 11.8. The Morgan fingerprint density at radius 2 is 2.07 bits per heavy atom. The maximum atomic E-state index is 11.8. The highest BCUT2D eigenvalue weighted by Crippen LogP contribution is 2.46. The van der Waals surface area contributed by atoms with Gasteiger partial charge in [0.25, 0.3) is 0 Å². The molecule has 0 amide bonds. The van der Waals surface area contributed by atoms with E-state index in [1.165, 1.54) is 0 Å². The molecule has 0 spiro atoms. The highest BCUT2D eigenvalue weighted by Gasteiger charge is 2.54. The molecule has 1 rings (SSSR count). The van der Waals surface area contributed by atoms with Crippen LogP contribution in [0.5, 0.6) is 0 Å². The van der Waals surface area contributed by atoms with Crippen molar-refractivity contribution in [2.75, 3.05) is 18.9 Å². The van der Waals surface area contributed by atoms with Gasteiger partial charge in [0.2, 0.25) is 0 Å². The molecule has 0 aliphatic carbocycles. The van der Waals surface area contributed by atoms with Crippen molar-refractivity contribution in [2.24, 2.45) is 17.1 Å². The molecule has 5 heteroatoms. The molecule has 1 aliphatic heterocycles. The van der Waals surface area contributed by atoms with Crippen molar-refractivity contribution in [2.45, 2.75) is 31.9 Å². The van der Waals surface area contributed by atoms with Crippen LogP contribution in [0.25, 0.3) is 0 Å². The van der Waals surface area contributed by atoms with Gasteiger partial charge < -0.3 is 10.8 Å². The Morgan fingerprint density at radius 1 is 1.53 bits per heavy atom. The second-order valence-electron chi connectivity index (χ2n) is 5.28. The van der Waals surface area contributed by atoms with Crippen molar-refractivity contribution in [3.8, 4) is 0 Å². The van der Waals surface area contributed by atoms with Crippen molar-refractivity contribution < 1.29 is 13.5 Å². The molecule has 0 radical (unpaired) electrons. The summed E-state index contributed by atoms with van der Waals surface area (Å²) in [5.41, 5.74) is 5.16. The van der Waals surface area contributed by atoms with Gasteiger partial charge in [-0.05, 0) is 26.2 Å². The minimum Gasteiger partial charge on any atom is -0.396 e. The van der Waals surface area contributed by atoms with E-state index in [0.29, 0.717) is 13.0 Å². The van der Waals surface area contributed by atoms with Gasteiger partial charge in [-0.2, -0.15) is 0 Å². The summed E-state index contributed by atoms with van der Waals surface area (Å²) < 4.78 is 22.9. The second-order valence-corrected chi connectivity index (χ2v) is 7.97. The molecule has 1 saturated heterocycles. The number of nitrogens with two attached hydrogens (primary N) is 1. The van der Waals surface area contributed by atoms with Gasteiger partial charge in [-0.1, -0.05) is 6.92 Å². The first-order valence-corrected chi connectivity index (χ1v) is 6.90. The van der Waals surface area contributed by atoms with Crippen LogP contribution in [0.1, 0.15) is 27.2 Å². The molecular formula is C10H21NO3S. The van der Waals surface area contributed by atoms with Crippen LogP contribution in [0.15, 0.2) is 0 Å². The molecule has 90 valence electrons. The third-order valence-electron chi connectivity index (χ3n) is 3.98. The zero-order chi connectivity index (χ0) is 11.9. The number of rotatable bonds is 3. The summed E-state index contributed by atoms with van der Waals surface area (Å²) in [5.74, 6) is 0.144. The van der Waals surface area contributed by atoms with Crippen LogP contribution in [0.4, 0.5) is 0 Å². The number of aliphatic hydroxyl groups excluding tert-OH is 1. The molecule has 4 nitrogen and oxygen atoms in total. The van der Waals surface area contributed by atoms with Crippen LogP contribution in [-0.4, -0.2) is 37.2 Å². The van der Waals surface area contributed by atoms with Crippen LogP contribution >= 0.6 is 0 Å². The Kier molecular flexibility index (Phi) is 3.20. The average Bonchev–Trinajstić information content (AvgIpc) is 2.37. The molecule has 3 N–H and O–H groups in total. The molecule has 15 heavy (non-hydrogen) atoms. The molecule has 1 aliphatic rings. The van der Waals surface area contributed by atoms with Crippen LogP contribution in [0.2, 0.25) is 0 Å². The predicted molar refractivity (Wildman–Crippen MR) is 60.2 cm³/mol. The molecular weight excluding hydrogens is 214 g/mol. The SMILES string of the molecule is CC(CN)(CO)C1CCS(=O)(=O)C1(C)C. The normalized spacial score (nSPS) is 32.5. The first kappa shape index (κ1) is 12.9. The van der Waals surface area contributed by atoms with Crippen LogP contribution in [0, 0.1) is 11.3 Å². The van der Waals surface area contributed by atoms with Gasteiger partial charge in [-0.25, -0.2) is 8.42 Å². The third-order valence-corrected chi connectivity index (χ3v) is 6.65. The van der Waals surface area contributed by atoms with Gasteiger partial charge in [-0.3, -0.25) is 0 Å². The van der Waals surface area contributed by atoms with Crippen LogP contribution < -0.4 is 5.73 Å². The highest BCUT2D eigenvalue weighted by atomic mass is 32.2. The van der Waals surface area contributed by atoms with E-state index in [2.05, 4.69) is 0 Å². The fraction of sp³-hybridized carbons (Fsp3) is 1.00. The molecule has 0 aromatic carbocycles. The minimum absolute atomic E-state index is 0.0624. The number of sulfone groups is 1. The Morgan fingerprint density at radius 3 is 2.33 bits per heavy atom. The van der Waals surface area contributed by atoms with E-state index in [9.17, 15) is 13.5 Å². The van der Waals surface area contributed by atoms with E-state index in [0.717, 1.165) is 0 Å². The van der Waals surface area contributed by atoms with Gasteiger partial charge in [-0.15, -0.1) is 0 Å². The maximum Gasteiger partial charge on any atom is 0.155 e. The molecule has 0 aromatic rings. The van der Waals surface area contributed by atoms with Crippen LogP contribution in [-0.2, 0) is 9.84 Å². The Hall–Kier alpha value is -0.130. The van der Waals surface area contributed by atoms with E-state index in [1.54, 1.807) is 13.8 Å². The van der Waals surface area contributed by atoms with E-state index in [4.69, 9.17) is 5.73 Å². The van der Waals surface area contributed by atoms with Gasteiger partial charge in [0, 0.05) is 18.6 Å². The highest BCUT2D eigenvalue weighted by molar-refractivity contribution is 7.93. The van der Waals surface area contributed by atoms with Crippen molar-refractivity contribution in [3.05, 3.63) is 0 Å². The fourth-order valence-corrected chi connectivity index (χ4v) is 4.51. The Balaban J connectivity index is 3.11. The summed E-state index contributed by atoms with van der Waals surface area (Å²) in [5, 5.41) is 9.37. The molecule has 0 aromatic heterocycles. The minimum atomic E-state index is -3.04. The Labute approximate surface area is 91.8 Å². The lowest BCUT2D eigenvalue weighted by Gasteiger charge is -2.39. The third kappa shape index (κ3) is 1.81. The lowest BCUT2D eigenvalue weighted by Crippen LogP contribution is -2.48. The van der Waals surface area contributed by atoms with Crippen molar-refractivity contribution >= 4 is 9.84 Å². The molecule has 1 fully saturated rings. The predicted octanol–water partition coefficient (Wildman–Crippen LogP) is 0.157. The van der Waals surface area contributed by atoms with Crippen LogP contribution in [0.3, 0.4) is 0 Å². The number of hydrogen-bond acceptors (Lipinski definition) is 4. The zero-order valence-corrected chi connectivity index (χ0v) is 10.5. The van der Waals surface area contributed by atoms with Gasteiger partial charge >= 0.3 is 0 Å². The molecule has 2 unspecified atom stereocenters. The van der Waals surface area contributed by atoms with E-state index < -0.39 is 20.0 Å². The largest absolute Gasteiger partial charge is 0.396 e. The van der Waals surface area contributed by atoms with Crippen molar-refractivity contribution in [3.63, 3.8) is 0 Å². The zero-order valence-electron chi connectivity index (χ0n) is 9.66. The first-order chi connectivity index (χ1) is 6.71. The summed E-state index contributed by atoms with van der Waals surface area (Å²) in [4.78, 5) is 0. The summed E-state index contributed by atoms with van der Waals surface area (Å²) in [6, 6.07) is 0. The fourth-order valence-electron chi connectivity index (χ4n) is 2.61. The van der Waals surface area contributed by atoms with Crippen molar-refractivity contribution in [1.82, 2.24) is 0 Å². The lowest BCUT2D eigenvalue weighted by molar-refractivity contribution is 0.0712. The van der Waals surface area contributed by atoms with E-state index in [1.807, 2.05) is 6.92 Å². The lowest BCUT2D eigenvalue weighted by atomic mass is 9.70. The van der Waals surface area contributed by atoms with Gasteiger partial charge in [0.1, 0.15) is 0 Å². The summed E-state index contributed by atoms with van der Waals surface area (Å²) in [7, 11) is -3.04. The smallest absolute Gasteiger partial charge is 0.155 e. The topological polar surface area (TPSA) is 80.4 Å². The number of aliphatic hydroxyl groups is 1. The standard InChI is InChI=1S/C10H21NO3S/c1-9(2)8(4-5-15(9,13)14)10(3,6-11)7-12/h8,12H,4-7,11H2,1-3H3. The summed E-state index contributed by atoms with van der Waals surface area (Å²) in [6.45, 7) is 5.59. The van der Waals surface area contributed by atoms with Gasteiger partial charge in [0.15, 0.2) is 9.84 Å². The summed E-state index contributed by atoms with van der Waals surface area (Å²) >= 11 is 0. The molecule has 0 bridgehead atoms. The first-order valence-electron chi connectivity index (χ1n) is 5.24. The monoisotopic (exact) mass is 235 g/mol. The average molecular weight is 235 g/mol. The molecule has 0 saturated carbocycles. The number of hydrogen-bond donors (Lipinski definition) is 2. The molecule has 2 atom stereocenters. The molecule has 1 heterocycles. The van der Waals surface area contributed by atoms with Gasteiger partial charge in [0.05, 0.1) is 10.5 Å². The summed E-state index contributed by atoms with van der Waals surface area (Å²) in [6.07, 6.45) is 0.601. The van der Waals surface area contributed by atoms with E-state index in [-0.39, 0.29) is 18.3 Å².